The largest absolute Gasteiger partial charge is 0.472 e. The molecule has 0 radical (unpaired) electrons. The molecule has 0 spiro atoms. The molecule has 10 heteroatoms. The zero-order chi connectivity index (χ0) is 47.8. The summed E-state index contributed by atoms with van der Waals surface area (Å²) in [7, 11) is 1.49. The number of ether oxygens (including phenoxy) is 2. The van der Waals surface area contributed by atoms with Crippen molar-refractivity contribution in [3.8, 4) is 0 Å². The average molecular weight is 943 g/mol. The number of rotatable bonds is 52. The summed E-state index contributed by atoms with van der Waals surface area (Å²) in [5, 5.41) is 0. The van der Waals surface area contributed by atoms with Crippen LogP contribution < -0.4 is 0 Å². The first-order valence-electron chi connectivity index (χ1n) is 27.9. The van der Waals surface area contributed by atoms with Crippen LogP contribution in [-0.4, -0.2) is 74.9 Å². The van der Waals surface area contributed by atoms with Gasteiger partial charge in [-0.1, -0.05) is 238 Å². The van der Waals surface area contributed by atoms with Gasteiger partial charge in [-0.25, -0.2) is 4.57 Å². The van der Waals surface area contributed by atoms with E-state index in [2.05, 4.69) is 26.0 Å². The first-order valence-corrected chi connectivity index (χ1v) is 29.4. The zero-order valence-electron chi connectivity index (χ0n) is 43.8. The maximum absolute atomic E-state index is 12.8. The number of hydrogen-bond donors (Lipinski definition) is 1. The van der Waals surface area contributed by atoms with Crippen LogP contribution in [0.3, 0.4) is 0 Å². The Labute approximate surface area is 403 Å². The molecule has 0 rings (SSSR count). The minimum Gasteiger partial charge on any atom is -0.462 e. The fourth-order valence-electron chi connectivity index (χ4n) is 8.19. The van der Waals surface area contributed by atoms with Crippen LogP contribution in [0.1, 0.15) is 277 Å². The quantitative estimate of drug-likeness (QED) is 0.0211. The molecule has 0 fully saturated rings. The predicted octanol–water partition coefficient (Wildman–Crippen LogP) is 16.9. The highest BCUT2D eigenvalue weighted by Gasteiger charge is 2.27. The number of phosphoric ester groups is 1. The zero-order valence-corrected chi connectivity index (χ0v) is 44.6. The van der Waals surface area contributed by atoms with Crippen molar-refractivity contribution in [3.63, 3.8) is 0 Å². The molecule has 0 aromatic carbocycles. The second kappa shape index (κ2) is 47.8. The highest BCUT2D eigenvalue weighted by Crippen LogP contribution is 2.43. The van der Waals surface area contributed by atoms with Gasteiger partial charge in [0.1, 0.15) is 19.8 Å². The fraction of sp³-hybridized carbons (Fsp3) is 0.927. The fourth-order valence-corrected chi connectivity index (χ4v) is 8.93. The lowest BCUT2D eigenvalue weighted by Crippen LogP contribution is -2.37. The van der Waals surface area contributed by atoms with E-state index in [1.807, 2.05) is 21.1 Å². The molecule has 0 aromatic heterocycles. The van der Waals surface area contributed by atoms with Gasteiger partial charge in [-0.2, -0.15) is 0 Å². The maximum atomic E-state index is 12.8. The molecule has 0 heterocycles. The molecule has 0 saturated carbocycles. The lowest BCUT2D eigenvalue weighted by atomic mass is 10.0. The standard InChI is InChI=1S/C55H108NO8P/c1-6-8-10-12-14-16-18-20-22-24-26-27-28-30-31-33-35-37-39-41-43-45-47-54(57)61-51-53(52-63-65(59,60)62-50-49-56(3,4)5)64-55(58)48-46-44-42-40-38-36-34-32-29-25-23-21-19-17-15-13-11-9-7-2/h21,23,53H,6-20,22,24-52H2,1-5H3/p+1/b23-21+/t53-/m1/s1. The molecule has 2 atom stereocenters. The second-order valence-electron chi connectivity index (χ2n) is 20.3. The summed E-state index contributed by atoms with van der Waals surface area (Å²) >= 11 is 0. The number of nitrogens with zero attached hydrogens (tertiary/aromatic N) is 1. The number of hydrogen-bond acceptors (Lipinski definition) is 7. The molecule has 65 heavy (non-hydrogen) atoms. The van der Waals surface area contributed by atoms with Crippen LogP contribution >= 0.6 is 7.82 Å². The van der Waals surface area contributed by atoms with Gasteiger partial charge in [-0.05, 0) is 38.5 Å². The van der Waals surface area contributed by atoms with Crippen LogP contribution in [0, 0.1) is 0 Å². The molecule has 0 aromatic rings. The molecule has 0 aliphatic heterocycles. The first-order chi connectivity index (χ1) is 31.5. The second-order valence-corrected chi connectivity index (χ2v) is 21.8. The smallest absolute Gasteiger partial charge is 0.462 e. The van der Waals surface area contributed by atoms with Crippen molar-refractivity contribution in [2.75, 3.05) is 47.5 Å². The summed E-state index contributed by atoms with van der Waals surface area (Å²) in [6, 6.07) is 0. The van der Waals surface area contributed by atoms with Gasteiger partial charge in [0.05, 0.1) is 27.7 Å². The molecule has 1 N–H and O–H groups in total. The van der Waals surface area contributed by atoms with E-state index in [-0.39, 0.29) is 25.6 Å². The average Bonchev–Trinajstić information content (AvgIpc) is 3.26. The third-order valence-electron chi connectivity index (χ3n) is 12.5. The van der Waals surface area contributed by atoms with Crippen LogP contribution in [0.5, 0.6) is 0 Å². The van der Waals surface area contributed by atoms with Gasteiger partial charge in [0.15, 0.2) is 6.10 Å². The highest BCUT2D eigenvalue weighted by molar-refractivity contribution is 7.47. The topological polar surface area (TPSA) is 108 Å². The first kappa shape index (κ1) is 63.8. The Balaban J connectivity index is 4.15. The van der Waals surface area contributed by atoms with Crippen molar-refractivity contribution < 1.29 is 42.1 Å². The minimum absolute atomic E-state index is 0.0350. The van der Waals surface area contributed by atoms with Crippen molar-refractivity contribution in [1.82, 2.24) is 0 Å². The molecule has 386 valence electrons. The van der Waals surface area contributed by atoms with E-state index in [0.29, 0.717) is 23.9 Å². The van der Waals surface area contributed by atoms with Crippen molar-refractivity contribution >= 4 is 19.8 Å². The van der Waals surface area contributed by atoms with Gasteiger partial charge >= 0.3 is 19.8 Å². The van der Waals surface area contributed by atoms with E-state index in [9.17, 15) is 19.0 Å². The summed E-state index contributed by atoms with van der Waals surface area (Å²) in [5.74, 6) is -0.782. The Morgan fingerprint density at radius 1 is 0.462 bits per heavy atom. The number of unbranched alkanes of at least 4 members (excludes halogenated alkanes) is 36. The SMILES string of the molecule is CCCCCCCC/C=C/CCCCCCCCCCCC(=O)O[C@H](COC(=O)CCCCCCCCCCCCCCCCCCCCCCCC)COP(=O)(O)OCC[N+](C)(C)C. The van der Waals surface area contributed by atoms with Gasteiger partial charge in [0.2, 0.25) is 0 Å². The number of quaternary nitrogens is 1. The summed E-state index contributed by atoms with van der Waals surface area (Å²) in [5.41, 5.74) is 0. The third-order valence-corrected chi connectivity index (χ3v) is 13.5. The molecule has 1 unspecified atom stereocenters. The molecular weight excluding hydrogens is 834 g/mol. The Morgan fingerprint density at radius 2 is 0.785 bits per heavy atom. The van der Waals surface area contributed by atoms with Crippen molar-refractivity contribution in [2.24, 2.45) is 0 Å². The molecule has 0 aliphatic carbocycles. The lowest BCUT2D eigenvalue weighted by Gasteiger charge is -2.24. The van der Waals surface area contributed by atoms with E-state index in [0.717, 1.165) is 32.1 Å². The van der Waals surface area contributed by atoms with Gasteiger partial charge in [0, 0.05) is 12.8 Å². The van der Waals surface area contributed by atoms with Crippen molar-refractivity contribution in [3.05, 3.63) is 12.2 Å². The molecular formula is C55H109NO8P+. The number of esters is 2. The number of likely N-dealkylation sites (N-methyl/N-ethyl adjacent to an activating group) is 1. The molecule has 0 aliphatic rings. The number of carbonyl (C=O) groups is 2. The number of carbonyl (C=O) groups excluding carboxylic acids is 2. The summed E-state index contributed by atoms with van der Waals surface area (Å²) < 4.78 is 34.5. The third kappa shape index (κ3) is 52.0. The number of allylic oxidation sites excluding steroid dienone is 2. The van der Waals surface area contributed by atoms with E-state index in [4.69, 9.17) is 18.5 Å². The molecule has 0 bridgehead atoms. The van der Waals surface area contributed by atoms with E-state index >= 15 is 0 Å². The Morgan fingerprint density at radius 3 is 1.14 bits per heavy atom. The normalized spacial score (nSPS) is 13.4. The Kier molecular flexibility index (Phi) is 46.9. The van der Waals surface area contributed by atoms with Crippen LogP contribution in [0.2, 0.25) is 0 Å². The van der Waals surface area contributed by atoms with Gasteiger partial charge in [-0.15, -0.1) is 0 Å². The van der Waals surface area contributed by atoms with Crippen LogP contribution in [0.15, 0.2) is 12.2 Å². The van der Waals surface area contributed by atoms with Crippen LogP contribution in [-0.2, 0) is 32.7 Å². The maximum Gasteiger partial charge on any atom is 0.472 e. The van der Waals surface area contributed by atoms with E-state index in [1.165, 1.54) is 212 Å². The number of phosphoric acid groups is 1. The van der Waals surface area contributed by atoms with Gasteiger partial charge in [0.25, 0.3) is 0 Å². The molecule has 9 nitrogen and oxygen atoms in total. The minimum atomic E-state index is -4.38. The van der Waals surface area contributed by atoms with E-state index in [1.54, 1.807) is 0 Å². The van der Waals surface area contributed by atoms with Gasteiger partial charge in [-0.3, -0.25) is 18.6 Å². The van der Waals surface area contributed by atoms with Gasteiger partial charge < -0.3 is 18.9 Å². The summed E-state index contributed by atoms with van der Waals surface area (Å²) in [6.45, 7) is 4.48. The van der Waals surface area contributed by atoms with Crippen molar-refractivity contribution in [2.45, 2.75) is 283 Å². The Bertz CT molecular complexity index is 1110. The highest BCUT2D eigenvalue weighted by atomic mass is 31.2. The Hall–Kier alpha value is -1.25. The molecule has 0 amide bonds. The summed E-state index contributed by atoms with van der Waals surface area (Å²) in [4.78, 5) is 35.6. The van der Waals surface area contributed by atoms with Crippen molar-refractivity contribution in [1.29, 1.82) is 0 Å². The van der Waals surface area contributed by atoms with Crippen LogP contribution in [0.25, 0.3) is 0 Å². The predicted molar refractivity (Wildman–Crippen MR) is 275 cm³/mol. The molecule has 0 saturated heterocycles. The summed E-state index contributed by atoms with van der Waals surface area (Å²) in [6.07, 6.45) is 54.1. The monoisotopic (exact) mass is 943 g/mol. The van der Waals surface area contributed by atoms with E-state index < -0.39 is 26.5 Å². The lowest BCUT2D eigenvalue weighted by molar-refractivity contribution is -0.870. The van der Waals surface area contributed by atoms with Crippen LogP contribution in [0.4, 0.5) is 0 Å².